The second-order valence-corrected chi connectivity index (χ2v) is 9.75. The SMILES string of the molecule is CN(C)NC(=O)[C@@]1(Cc2ccc(Br)cc2)N=C(c2ccc(OCCCO)cc2)O[C@H]1c1ccccc1. The Bertz CT molecular complexity index is 1180. The number of carbonyl (C=O) groups is 1. The molecule has 1 aliphatic rings. The van der Waals surface area contributed by atoms with Crippen LogP contribution in [0.4, 0.5) is 0 Å². The van der Waals surface area contributed by atoms with E-state index in [1.165, 1.54) is 0 Å². The van der Waals surface area contributed by atoms with E-state index >= 15 is 0 Å². The zero-order valence-electron chi connectivity index (χ0n) is 20.4. The summed E-state index contributed by atoms with van der Waals surface area (Å²) in [6, 6.07) is 25.0. The van der Waals surface area contributed by atoms with E-state index in [0.29, 0.717) is 31.1 Å². The number of nitrogens with zero attached hydrogens (tertiary/aromatic N) is 2. The van der Waals surface area contributed by atoms with Crippen LogP contribution in [0.2, 0.25) is 0 Å². The monoisotopic (exact) mass is 551 g/mol. The van der Waals surface area contributed by atoms with E-state index in [1.54, 1.807) is 19.1 Å². The predicted octanol–water partition coefficient (Wildman–Crippen LogP) is 4.30. The third-order valence-corrected chi connectivity index (χ3v) is 6.37. The molecule has 188 valence electrons. The van der Waals surface area contributed by atoms with Crippen molar-refractivity contribution in [1.82, 2.24) is 10.4 Å². The number of benzene rings is 3. The number of halogens is 1. The van der Waals surface area contributed by atoms with Crippen LogP contribution < -0.4 is 10.2 Å². The molecular weight excluding hydrogens is 522 g/mol. The fourth-order valence-electron chi connectivity index (χ4n) is 4.12. The van der Waals surface area contributed by atoms with E-state index in [-0.39, 0.29) is 12.5 Å². The van der Waals surface area contributed by atoms with Gasteiger partial charge in [0.1, 0.15) is 5.75 Å². The molecule has 1 amide bonds. The summed E-state index contributed by atoms with van der Waals surface area (Å²) in [6.45, 7) is 0.517. The maximum Gasteiger partial charge on any atom is 0.266 e. The third-order valence-electron chi connectivity index (χ3n) is 5.84. The Morgan fingerprint density at radius 3 is 2.42 bits per heavy atom. The smallest absolute Gasteiger partial charge is 0.266 e. The van der Waals surface area contributed by atoms with Crippen LogP contribution in [0.3, 0.4) is 0 Å². The van der Waals surface area contributed by atoms with Gasteiger partial charge >= 0.3 is 0 Å². The van der Waals surface area contributed by atoms with Crippen LogP contribution in [-0.2, 0) is 16.0 Å². The average molecular weight is 552 g/mol. The number of aliphatic imine (C=N–C) groups is 1. The summed E-state index contributed by atoms with van der Waals surface area (Å²) in [5.74, 6) is 0.844. The van der Waals surface area contributed by atoms with Crippen molar-refractivity contribution in [3.8, 4) is 5.75 Å². The van der Waals surface area contributed by atoms with E-state index < -0.39 is 11.6 Å². The molecule has 0 spiro atoms. The molecule has 1 heterocycles. The van der Waals surface area contributed by atoms with Crippen LogP contribution in [-0.4, -0.2) is 54.8 Å². The lowest BCUT2D eigenvalue weighted by Crippen LogP contribution is -2.53. The number of nitrogens with one attached hydrogen (secondary N) is 1. The first-order valence-corrected chi connectivity index (χ1v) is 12.6. The van der Waals surface area contributed by atoms with Crippen molar-refractivity contribution in [1.29, 1.82) is 0 Å². The molecule has 0 saturated heterocycles. The predicted molar refractivity (Wildman–Crippen MR) is 143 cm³/mol. The maximum atomic E-state index is 13.8. The van der Waals surface area contributed by atoms with Crippen molar-refractivity contribution in [2.24, 2.45) is 4.99 Å². The Morgan fingerprint density at radius 1 is 1.08 bits per heavy atom. The number of rotatable bonds is 10. The molecule has 0 saturated carbocycles. The second-order valence-electron chi connectivity index (χ2n) is 8.84. The van der Waals surface area contributed by atoms with Crippen molar-refractivity contribution >= 4 is 27.7 Å². The van der Waals surface area contributed by atoms with Gasteiger partial charge < -0.3 is 14.6 Å². The zero-order valence-corrected chi connectivity index (χ0v) is 21.9. The number of ether oxygens (including phenoxy) is 2. The Balaban J connectivity index is 1.76. The maximum absolute atomic E-state index is 13.8. The topological polar surface area (TPSA) is 83.4 Å². The summed E-state index contributed by atoms with van der Waals surface area (Å²) in [6.07, 6.45) is 0.291. The lowest BCUT2D eigenvalue weighted by Gasteiger charge is -2.31. The van der Waals surface area contributed by atoms with Gasteiger partial charge in [0.15, 0.2) is 11.6 Å². The Hall–Kier alpha value is -3.20. The van der Waals surface area contributed by atoms with Crippen LogP contribution >= 0.6 is 15.9 Å². The molecule has 2 N–H and O–H groups in total. The molecule has 0 bridgehead atoms. The molecule has 36 heavy (non-hydrogen) atoms. The van der Waals surface area contributed by atoms with Gasteiger partial charge in [-0.25, -0.2) is 10.0 Å². The van der Waals surface area contributed by atoms with E-state index in [1.807, 2.05) is 78.9 Å². The van der Waals surface area contributed by atoms with Crippen molar-refractivity contribution in [2.75, 3.05) is 27.3 Å². The highest BCUT2D eigenvalue weighted by molar-refractivity contribution is 9.10. The van der Waals surface area contributed by atoms with Crippen LogP contribution in [0.25, 0.3) is 0 Å². The number of carbonyl (C=O) groups excluding carboxylic acids is 1. The highest BCUT2D eigenvalue weighted by Crippen LogP contribution is 2.42. The van der Waals surface area contributed by atoms with Gasteiger partial charge in [-0.15, -0.1) is 0 Å². The molecule has 1 aliphatic heterocycles. The first kappa shape index (κ1) is 25.9. The van der Waals surface area contributed by atoms with Crippen LogP contribution in [0, 0.1) is 0 Å². The van der Waals surface area contributed by atoms with Crippen molar-refractivity contribution in [3.63, 3.8) is 0 Å². The number of hydrazine groups is 1. The minimum absolute atomic E-state index is 0.0824. The fourth-order valence-corrected chi connectivity index (χ4v) is 4.39. The molecule has 0 fully saturated rings. The summed E-state index contributed by atoms with van der Waals surface area (Å²) in [4.78, 5) is 18.8. The van der Waals surface area contributed by atoms with E-state index in [0.717, 1.165) is 21.2 Å². The van der Waals surface area contributed by atoms with Crippen LogP contribution in [0.15, 0.2) is 88.3 Å². The van der Waals surface area contributed by atoms with E-state index in [2.05, 4.69) is 21.4 Å². The normalized spacial score (nSPS) is 19.0. The van der Waals surface area contributed by atoms with Gasteiger partial charge in [-0.2, -0.15) is 0 Å². The molecule has 0 unspecified atom stereocenters. The van der Waals surface area contributed by atoms with Crippen molar-refractivity contribution < 1.29 is 19.4 Å². The Labute approximate surface area is 219 Å². The first-order valence-electron chi connectivity index (χ1n) is 11.8. The molecule has 3 aromatic rings. The lowest BCUT2D eigenvalue weighted by atomic mass is 9.82. The lowest BCUT2D eigenvalue weighted by molar-refractivity contribution is -0.132. The van der Waals surface area contributed by atoms with Gasteiger partial charge in [-0.05, 0) is 47.5 Å². The molecule has 7 nitrogen and oxygen atoms in total. The van der Waals surface area contributed by atoms with E-state index in [9.17, 15) is 4.79 Å². The molecule has 0 aliphatic carbocycles. The number of aliphatic hydroxyl groups is 1. The molecule has 0 radical (unpaired) electrons. The van der Waals surface area contributed by atoms with E-state index in [4.69, 9.17) is 19.6 Å². The summed E-state index contributed by atoms with van der Waals surface area (Å²) < 4.78 is 13.1. The van der Waals surface area contributed by atoms with Crippen molar-refractivity contribution in [2.45, 2.75) is 24.5 Å². The highest BCUT2D eigenvalue weighted by atomic mass is 79.9. The van der Waals surface area contributed by atoms with Gasteiger partial charge in [-0.3, -0.25) is 10.2 Å². The van der Waals surface area contributed by atoms with Gasteiger partial charge in [0.05, 0.1) is 6.61 Å². The summed E-state index contributed by atoms with van der Waals surface area (Å²) in [7, 11) is 3.55. The van der Waals surface area contributed by atoms with Crippen molar-refractivity contribution in [3.05, 3.63) is 100 Å². The summed E-state index contributed by atoms with van der Waals surface area (Å²) in [5.41, 5.74) is 4.28. The second kappa shape index (κ2) is 11.7. The number of amides is 1. The number of hydrogen-bond donors (Lipinski definition) is 2. The molecule has 2 atom stereocenters. The minimum Gasteiger partial charge on any atom is -0.494 e. The van der Waals surface area contributed by atoms with Gasteiger partial charge in [-0.1, -0.05) is 58.4 Å². The largest absolute Gasteiger partial charge is 0.494 e. The van der Waals surface area contributed by atoms with Gasteiger partial charge in [0, 0.05) is 43.6 Å². The summed E-state index contributed by atoms with van der Waals surface area (Å²) >= 11 is 3.49. The molecular formula is C28H30BrN3O4. The molecule has 0 aromatic heterocycles. The first-order chi connectivity index (χ1) is 17.4. The quantitative estimate of drug-likeness (QED) is 0.290. The van der Waals surface area contributed by atoms with Crippen LogP contribution in [0.1, 0.15) is 29.2 Å². The molecule has 3 aromatic carbocycles. The molecule has 4 rings (SSSR count). The fraction of sp³-hybridized carbons (Fsp3) is 0.286. The highest BCUT2D eigenvalue weighted by Gasteiger charge is 2.53. The standard InChI is InChI=1S/C28H30BrN3O4/c1-32(2)31-27(34)28(19-20-9-13-23(29)14-10-20)25(21-7-4-3-5-8-21)36-26(30-28)22-11-15-24(16-12-22)35-18-6-17-33/h3-5,7-16,25,33H,6,17-19H2,1-2H3,(H,31,34)/t25-,28-/m0/s1. The van der Waals surface area contributed by atoms with Crippen LogP contribution in [0.5, 0.6) is 5.75 Å². The minimum atomic E-state index is -1.23. The number of hydrogen-bond acceptors (Lipinski definition) is 6. The average Bonchev–Trinajstić information content (AvgIpc) is 3.27. The molecule has 8 heteroatoms. The Kier molecular flexibility index (Phi) is 8.40. The Morgan fingerprint density at radius 2 is 1.78 bits per heavy atom. The summed E-state index contributed by atoms with van der Waals surface area (Å²) in [5, 5.41) is 10.6. The zero-order chi connectivity index (χ0) is 25.5. The number of aliphatic hydroxyl groups excluding tert-OH is 1. The van der Waals surface area contributed by atoms with Gasteiger partial charge in [0.25, 0.3) is 5.91 Å². The van der Waals surface area contributed by atoms with Gasteiger partial charge in [0.2, 0.25) is 5.90 Å². The third kappa shape index (κ3) is 5.95.